The molecule has 4 heterocycles. The molecule has 23 heteroatoms. The third-order valence-corrected chi connectivity index (χ3v) is 15.1. The highest BCUT2D eigenvalue weighted by molar-refractivity contribution is 7.86. The van der Waals surface area contributed by atoms with Crippen molar-refractivity contribution in [3.63, 3.8) is 0 Å². The quantitative estimate of drug-likeness (QED) is 0.104. The number of thiazole rings is 4. The second-order valence-corrected chi connectivity index (χ2v) is 19.8. The number of aryl methyl sites for hydroxylation is 6. The molecule has 8 aromatic rings. The maximum atomic E-state index is 11.3. The summed E-state index contributed by atoms with van der Waals surface area (Å²) >= 11 is 5.80. The van der Waals surface area contributed by atoms with E-state index in [1.54, 1.807) is 34.8 Å². The summed E-state index contributed by atoms with van der Waals surface area (Å²) in [5.74, 6) is 0. The first-order valence-corrected chi connectivity index (χ1v) is 24.5. The predicted octanol–water partition coefficient (Wildman–Crippen LogP) is 5.97. The summed E-state index contributed by atoms with van der Waals surface area (Å²) in [6.45, 7) is 15.1. The van der Waals surface area contributed by atoms with Gasteiger partial charge in [-0.05, 0) is 113 Å². The first kappa shape index (κ1) is 47.4. The molecule has 0 unspecified atom stereocenters. The van der Waals surface area contributed by atoms with Crippen LogP contribution < -0.4 is 19.2 Å². The van der Waals surface area contributed by atoms with Crippen LogP contribution in [-0.4, -0.2) is 60.2 Å². The summed E-state index contributed by atoms with van der Waals surface area (Å²) in [6.07, 6.45) is 0. The molecule has 0 bridgehead atoms. The van der Waals surface area contributed by atoms with E-state index in [-0.39, 0.29) is 15.3 Å². The lowest BCUT2D eigenvalue weighted by Gasteiger charge is -2.06. The Balaban J connectivity index is 0.000000219. The van der Waals surface area contributed by atoms with Gasteiger partial charge in [-0.1, -0.05) is 57.5 Å². The molecule has 0 amide bonds. The Kier molecular flexibility index (Phi) is 15.2. The molecular formula is C38H42N8O9S6-2. The Morgan fingerprint density at radius 1 is 0.475 bits per heavy atom. The minimum absolute atomic E-state index is 0. The van der Waals surface area contributed by atoms with Crippen LogP contribution in [0.3, 0.4) is 0 Å². The number of fused-ring (bicyclic) bond motifs is 4. The third-order valence-electron chi connectivity index (χ3n) is 9.27. The van der Waals surface area contributed by atoms with Gasteiger partial charge in [-0.2, -0.15) is 0 Å². The van der Waals surface area contributed by atoms with Gasteiger partial charge >= 0.3 is 0 Å². The minimum atomic E-state index is -4.50. The van der Waals surface area contributed by atoms with Crippen molar-refractivity contribution >= 4 is 106 Å². The molecular weight excluding hydrogens is 905 g/mol. The Hall–Kier alpha value is -4.66. The number of benzene rings is 4. The second-order valence-electron chi connectivity index (χ2n) is 13.0. The highest BCUT2D eigenvalue weighted by atomic mass is 32.2. The van der Waals surface area contributed by atoms with Crippen LogP contribution in [0.1, 0.15) is 38.8 Å². The maximum Gasteiger partial charge on any atom is 0.211 e. The SMILES string of the molecule is CCn1c(=NN=c2sc3cc(S(=O)(=O)[O-])ccc3n2CC)sc2cc(C)ccc21.CCn1c(=NN=c2sc3cc(S(=O)(=O)[O-])ccc3n2CC)sc2cc(C)ccc21.O.OO. The Labute approximate surface area is 365 Å². The van der Waals surface area contributed by atoms with Crippen molar-refractivity contribution in [1.82, 2.24) is 18.3 Å². The van der Waals surface area contributed by atoms with Crippen LogP contribution in [0.4, 0.5) is 0 Å². The molecule has 0 fully saturated rings. The molecule has 326 valence electrons. The third kappa shape index (κ3) is 10.0. The molecule has 17 nitrogen and oxygen atoms in total. The van der Waals surface area contributed by atoms with E-state index >= 15 is 0 Å². The van der Waals surface area contributed by atoms with E-state index < -0.39 is 20.2 Å². The van der Waals surface area contributed by atoms with E-state index in [0.29, 0.717) is 32.1 Å². The van der Waals surface area contributed by atoms with E-state index in [0.717, 1.165) is 54.2 Å². The molecule has 0 aliphatic heterocycles. The average Bonchev–Trinajstić information content (AvgIpc) is 3.97. The summed E-state index contributed by atoms with van der Waals surface area (Å²) in [7, 11) is -8.99. The predicted molar refractivity (Wildman–Crippen MR) is 238 cm³/mol. The molecule has 0 aliphatic rings. The van der Waals surface area contributed by atoms with Gasteiger partial charge in [0.15, 0.2) is 0 Å². The maximum absolute atomic E-state index is 11.3. The van der Waals surface area contributed by atoms with Gasteiger partial charge < -0.3 is 32.9 Å². The topological polar surface area (TPSA) is 256 Å². The molecule has 0 saturated heterocycles. The molecule has 4 aromatic heterocycles. The van der Waals surface area contributed by atoms with Crippen molar-refractivity contribution < 1.29 is 41.9 Å². The Morgan fingerprint density at radius 3 is 0.967 bits per heavy atom. The van der Waals surface area contributed by atoms with Gasteiger partial charge in [0.2, 0.25) is 19.2 Å². The van der Waals surface area contributed by atoms with Crippen molar-refractivity contribution in [3.8, 4) is 0 Å². The summed E-state index contributed by atoms with van der Waals surface area (Å²) in [5.41, 5.74) is 6.30. The summed E-state index contributed by atoms with van der Waals surface area (Å²) < 4.78 is 79.8. The van der Waals surface area contributed by atoms with Crippen molar-refractivity contribution in [2.45, 2.75) is 77.5 Å². The molecule has 0 radical (unpaired) electrons. The molecule has 0 aliphatic carbocycles. The highest BCUT2D eigenvalue weighted by Crippen LogP contribution is 2.24. The van der Waals surface area contributed by atoms with Gasteiger partial charge in [0.1, 0.15) is 20.2 Å². The fraction of sp³-hybridized carbons (Fsp3) is 0.263. The second kappa shape index (κ2) is 19.6. The highest BCUT2D eigenvalue weighted by Gasteiger charge is 2.12. The zero-order valence-electron chi connectivity index (χ0n) is 33.6. The number of rotatable bonds is 8. The van der Waals surface area contributed by atoms with E-state index in [2.05, 4.69) is 93.6 Å². The number of hydrogen-bond acceptors (Lipinski definition) is 16. The van der Waals surface area contributed by atoms with Crippen molar-refractivity contribution in [2.75, 3.05) is 0 Å². The largest absolute Gasteiger partial charge is 0.744 e. The molecule has 4 aromatic carbocycles. The summed E-state index contributed by atoms with van der Waals surface area (Å²) in [5, 5.41) is 30.0. The van der Waals surface area contributed by atoms with Crippen LogP contribution in [0.2, 0.25) is 0 Å². The molecule has 0 spiro atoms. The van der Waals surface area contributed by atoms with Crippen LogP contribution in [0, 0.1) is 13.8 Å². The van der Waals surface area contributed by atoms with Gasteiger partial charge in [-0.3, -0.25) is 10.5 Å². The van der Waals surface area contributed by atoms with Gasteiger partial charge in [-0.25, -0.2) is 16.8 Å². The van der Waals surface area contributed by atoms with Crippen LogP contribution in [0.5, 0.6) is 0 Å². The monoisotopic (exact) mass is 946 g/mol. The first-order chi connectivity index (χ1) is 28.6. The summed E-state index contributed by atoms with van der Waals surface area (Å²) in [4.78, 5) is 2.44. The van der Waals surface area contributed by atoms with Crippen molar-refractivity contribution in [1.29, 1.82) is 0 Å². The normalized spacial score (nSPS) is 13.2. The van der Waals surface area contributed by atoms with Crippen molar-refractivity contribution in [2.24, 2.45) is 20.4 Å². The Bertz CT molecular complexity index is 3180. The molecule has 61 heavy (non-hydrogen) atoms. The zero-order valence-corrected chi connectivity index (χ0v) is 38.5. The van der Waals surface area contributed by atoms with Crippen molar-refractivity contribution in [3.05, 3.63) is 103 Å². The molecule has 0 saturated carbocycles. The average molecular weight is 947 g/mol. The number of aromatic nitrogens is 4. The van der Waals surface area contributed by atoms with Crippen LogP contribution in [0.15, 0.2) is 103 Å². The van der Waals surface area contributed by atoms with Gasteiger partial charge in [0, 0.05) is 26.2 Å². The van der Waals surface area contributed by atoms with E-state index in [1.165, 1.54) is 58.1 Å². The van der Waals surface area contributed by atoms with Gasteiger partial charge in [0.05, 0.1) is 50.7 Å². The smallest absolute Gasteiger partial charge is 0.211 e. The fourth-order valence-electron chi connectivity index (χ4n) is 6.48. The number of nitrogens with zero attached hydrogens (tertiary/aromatic N) is 8. The van der Waals surface area contributed by atoms with Gasteiger partial charge in [0.25, 0.3) is 0 Å². The summed E-state index contributed by atoms with van der Waals surface area (Å²) in [6, 6.07) is 21.4. The lowest BCUT2D eigenvalue weighted by Crippen LogP contribution is -2.16. The molecule has 0 atom stereocenters. The van der Waals surface area contributed by atoms with Crippen LogP contribution in [-0.2, 0) is 46.4 Å². The van der Waals surface area contributed by atoms with Crippen LogP contribution >= 0.6 is 45.3 Å². The first-order valence-electron chi connectivity index (χ1n) is 18.4. The molecule has 8 rings (SSSR count). The minimum Gasteiger partial charge on any atom is -0.744 e. The van der Waals surface area contributed by atoms with E-state index in [9.17, 15) is 25.9 Å². The molecule has 4 N–H and O–H groups in total. The van der Waals surface area contributed by atoms with Gasteiger partial charge in [-0.15, -0.1) is 20.4 Å². The van der Waals surface area contributed by atoms with E-state index in [1.807, 2.05) is 23.0 Å². The standard InChI is InChI=1S/2C19H20N4O3S3.H2O2.H2O/c2*1-4-22-14-8-6-12(3)10-16(14)27-18(22)20-21-19-23(5-2)15-9-7-13(29(24,25)26)11-17(15)28-19;1-2;/h2*6-11H,4-5H2,1-3H3,(H,24,25,26);1-2H;1H2/p-2. The lowest BCUT2D eigenvalue weighted by atomic mass is 10.2. The van der Waals surface area contributed by atoms with E-state index in [4.69, 9.17) is 10.5 Å². The number of hydrogen-bond donors (Lipinski definition) is 2. The zero-order chi connectivity index (χ0) is 43.5. The fourth-order valence-corrected chi connectivity index (χ4v) is 12.1. The van der Waals surface area contributed by atoms with Crippen LogP contribution in [0.25, 0.3) is 40.9 Å². The lowest BCUT2D eigenvalue weighted by molar-refractivity contribution is -0.176. The Morgan fingerprint density at radius 2 is 0.721 bits per heavy atom.